The molecule has 0 radical (unpaired) electrons. The summed E-state index contributed by atoms with van der Waals surface area (Å²) in [6.07, 6.45) is 2.89. The molecule has 0 N–H and O–H groups in total. The van der Waals surface area contributed by atoms with Gasteiger partial charge in [-0.2, -0.15) is 4.98 Å². The SMILES string of the molecule is CCc1ccccc1Oc1nc2sccn2c1CCl. The first kappa shape index (κ1) is 12.5. The number of halogens is 1. The molecule has 0 unspecified atom stereocenters. The summed E-state index contributed by atoms with van der Waals surface area (Å²) in [5, 5.41) is 1.99. The van der Waals surface area contributed by atoms with Crippen LogP contribution in [0.5, 0.6) is 11.6 Å². The van der Waals surface area contributed by atoms with E-state index in [4.69, 9.17) is 16.3 Å². The molecule has 0 aliphatic rings. The highest BCUT2D eigenvalue weighted by molar-refractivity contribution is 7.15. The monoisotopic (exact) mass is 292 g/mol. The van der Waals surface area contributed by atoms with E-state index in [1.165, 1.54) is 5.56 Å². The third-order valence-corrected chi connectivity index (χ3v) is 4.02. The quantitative estimate of drug-likeness (QED) is 0.662. The van der Waals surface area contributed by atoms with Crippen LogP contribution in [0.25, 0.3) is 4.96 Å². The molecule has 0 saturated heterocycles. The van der Waals surface area contributed by atoms with Crippen molar-refractivity contribution in [3.8, 4) is 11.6 Å². The summed E-state index contributed by atoms with van der Waals surface area (Å²) in [6, 6.07) is 8.01. The predicted molar refractivity (Wildman–Crippen MR) is 78.5 cm³/mol. The molecule has 0 saturated carbocycles. The molecule has 0 atom stereocenters. The second-order valence-electron chi connectivity index (χ2n) is 4.12. The van der Waals surface area contributed by atoms with Crippen molar-refractivity contribution in [3.05, 3.63) is 47.1 Å². The van der Waals surface area contributed by atoms with Gasteiger partial charge in [-0.25, -0.2) is 0 Å². The van der Waals surface area contributed by atoms with Crippen LogP contribution in [0.4, 0.5) is 0 Å². The van der Waals surface area contributed by atoms with Crippen molar-refractivity contribution < 1.29 is 4.74 Å². The van der Waals surface area contributed by atoms with E-state index in [1.807, 2.05) is 34.2 Å². The van der Waals surface area contributed by atoms with Gasteiger partial charge in [0.1, 0.15) is 11.4 Å². The molecule has 0 spiro atoms. The van der Waals surface area contributed by atoms with Crippen LogP contribution in [0.3, 0.4) is 0 Å². The average molecular weight is 293 g/mol. The van der Waals surface area contributed by atoms with Crippen LogP contribution in [0.2, 0.25) is 0 Å². The van der Waals surface area contributed by atoms with Crippen LogP contribution in [0.15, 0.2) is 35.8 Å². The summed E-state index contributed by atoms with van der Waals surface area (Å²) in [6.45, 7) is 2.11. The molecule has 3 rings (SSSR count). The Hall–Kier alpha value is -1.52. The van der Waals surface area contributed by atoms with Gasteiger partial charge in [-0.3, -0.25) is 4.40 Å². The molecule has 0 bridgehead atoms. The summed E-state index contributed by atoms with van der Waals surface area (Å²) in [7, 11) is 0. The Balaban J connectivity index is 2.02. The van der Waals surface area contributed by atoms with Gasteiger partial charge in [0.25, 0.3) is 0 Å². The topological polar surface area (TPSA) is 26.5 Å². The Labute approximate surface area is 120 Å². The number of fused-ring (bicyclic) bond motifs is 1. The highest BCUT2D eigenvalue weighted by atomic mass is 35.5. The van der Waals surface area contributed by atoms with E-state index in [1.54, 1.807) is 11.3 Å². The normalized spacial score (nSPS) is 11.1. The fourth-order valence-corrected chi connectivity index (χ4v) is 2.98. The standard InChI is InChI=1S/C14H13ClN2OS/c1-2-10-5-3-4-6-12(10)18-13-11(9-15)17-7-8-19-14(17)16-13/h3-8H,2,9H2,1H3. The van der Waals surface area contributed by atoms with Crippen molar-refractivity contribution in [1.82, 2.24) is 9.38 Å². The van der Waals surface area contributed by atoms with Crippen LogP contribution < -0.4 is 4.74 Å². The molecule has 19 heavy (non-hydrogen) atoms. The number of nitrogens with zero attached hydrogens (tertiary/aromatic N) is 2. The van der Waals surface area contributed by atoms with E-state index >= 15 is 0 Å². The van der Waals surface area contributed by atoms with E-state index in [0.29, 0.717) is 11.8 Å². The highest BCUT2D eigenvalue weighted by Gasteiger charge is 2.15. The number of hydrogen-bond acceptors (Lipinski definition) is 3. The smallest absolute Gasteiger partial charge is 0.243 e. The van der Waals surface area contributed by atoms with Crippen LogP contribution in [0, 0.1) is 0 Å². The average Bonchev–Trinajstić information content (AvgIpc) is 2.99. The zero-order valence-electron chi connectivity index (χ0n) is 10.5. The number of ether oxygens (including phenoxy) is 1. The number of para-hydroxylation sites is 1. The molecule has 5 heteroatoms. The number of rotatable bonds is 4. The zero-order valence-corrected chi connectivity index (χ0v) is 12.0. The van der Waals surface area contributed by atoms with E-state index in [-0.39, 0.29) is 0 Å². The first-order valence-electron chi connectivity index (χ1n) is 6.09. The molecule has 0 fully saturated rings. The van der Waals surface area contributed by atoms with Gasteiger partial charge in [0.15, 0.2) is 4.96 Å². The van der Waals surface area contributed by atoms with Gasteiger partial charge in [0.05, 0.1) is 5.88 Å². The molecular weight excluding hydrogens is 280 g/mol. The minimum Gasteiger partial charge on any atom is -0.437 e. The number of imidazole rings is 1. The van der Waals surface area contributed by atoms with Crippen LogP contribution in [-0.2, 0) is 12.3 Å². The van der Waals surface area contributed by atoms with Crippen molar-refractivity contribution in [3.63, 3.8) is 0 Å². The maximum Gasteiger partial charge on any atom is 0.243 e. The van der Waals surface area contributed by atoms with Crippen molar-refractivity contribution in [1.29, 1.82) is 0 Å². The Morgan fingerprint density at radius 1 is 1.37 bits per heavy atom. The van der Waals surface area contributed by atoms with E-state index in [9.17, 15) is 0 Å². The lowest BCUT2D eigenvalue weighted by Crippen LogP contribution is -1.94. The van der Waals surface area contributed by atoms with E-state index < -0.39 is 0 Å². The predicted octanol–water partition coefficient (Wildman–Crippen LogP) is 4.49. The van der Waals surface area contributed by atoms with Crippen LogP contribution >= 0.6 is 22.9 Å². The minimum absolute atomic E-state index is 0.377. The number of aryl methyl sites for hydroxylation is 1. The summed E-state index contributed by atoms with van der Waals surface area (Å²) < 4.78 is 7.93. The van der Waals surface area contributed by atoms with Crippen molar-refractivity contribution in [2.75, 3.05) is 0 Å². The number of hydrogen-bond donors (Lipinski definition) is 0. The fourth-order valence-electron chi connectivity index (χ4n) is 2.02. The van der Waals surface area contributed by atoms with E-state index in [0.717, 1.165) is 22.8 Å². The van der Waals surface area contributed by atoms with E-state index in [2.05, 4.69) is 18.0 Å². The first-order chi connectivity index (χ1) is 9.33. The highest BCUT2D eigenvalue weighted by Crippen LogP contribution is 2.30. The summed E-state index contributed by atoms with van der Waals surface area (Å²) in [5.41, 5.74) is 2.06. The fraction of sp³-hybridized carbons (Fsp3) is 0.214. The van der Waals surface area contributed by atoms with Crippen molar-refractivity contribution in [2.45, 2.75) is 19.2 Å². The maximum absolute atomic E-state index is 6.01. The van der Waals surface area contributed by atoms with Crippen molar-refractivity contribution in [2.24, 2.45) is 0 Å². The first-order valence-corrected chi connectivity index (χ1v) is 7.51. The van der Waals surface area contributed by atoms with Gasteiger partial charge in [0.2, 0.25) is 5.88 Å². The molecule has 3 nitrogen and oxygen atoms in total. The summed E-state index contributed by atoms with van der Waals surface area (Å²) >= 11 is 7.58. The lowest BCUT2D eigenvalue weighted by Gasteiger charge is -2.08. The Bertz CT molecular complexity index is 704. The van der Waals surface area contributed by atoms with Gasteiger partial charge < -0.3 is 4.74 Å². The molecule has 2 heterocycles. The van der Waals surface area contributed by atoms with Gasteiger partial charge in [-0.05, 0) is 18.1 Å². The molecule has 2 aromatic heterocycles. The molecule has 0 amide bonds. The molecule has 0 aliphatic heterocycles. The number of benzene rings is 1. The third-order valence-electron chi connectivity index (χ3n) is 3.01. The molecule has 3 aromatic rings. The third kappa shape index (κ3) is 2.22. The molecule has 0 aliphatic carbocycles. The zero-order chi connectivity index (χ0) is 13.2. The second-order valence-corrected chi connectivity index (χ2v) is 5.26. The summed E-state index contributed by atoms with van der Waals surface area (Å²) in [5.74, 6) is 1.83. The lowest BCUT2D eigenvalue weighted by molar-refractivity contribution is 0.456. The maximum atomic E-state index is 6.01. The lowest BCUT2D eigenvalue weighted by atomic mass is 10.1. The summed E-state index contributed by atoms with van der Waals surface area (Å²) in [4.78, 5) is 5.39. The van der Waals surface area contributed by atoms with Crippen LogP contribution in [-0.4, -0.2) is 9.38 Å². The van der Waals surface area contributed by atoms with Gasteiger partial charge in [-0.15, -0.1) is 22.9 Å². The van der Waals surface area contributed by atoms with Crippen molar-refractivity contribution >= 4 is 27.9 Å². The molecule has 1 aromatic carbocycles. The Kier molecular flexibility index (Phi) is 3.44. The molecular formula is C14H13ClN2OS. The van der Waals surface area contributed by atoms with Crippen LogP contribution in [0.1, 0.15) is 18.2 Å². The van der Waals surface area contributed by atoms with Gasteiger partial charge in [-0.1, -0.05) is 25.1 Å². The number of aromatic nitrogens is 2. The minimum atomic E-state index is 0.377. The Morgan fingerprint density at radius 2 is 2.21 bits per heavy atom. The second kappa shape index (κ2) is 5.23. The molecule has 98 valence electrons. The largest absolute Gasteiger partial charge is 0.437 e. The number of thiazole rings is 1. The Morgan fingerprint density at radius 3 is 3.00 bits per heavy atom. The number of alkyl halides is 1. The van der Waals surface area contributed by atoms with Gasteiger partial charge in [0, 0.05) is 11.6 Å². The van der Waals surface area contributed by atoms with Gasteiger partial charge >= 0.3 is 0 Å².